The Kier molecular flexibility index (Phi) is 10.9. The number of fused-ring (bicyclic) bond motifs is 5. The molecule has 1 amide bonds. The summed E-state index contributed by atoms with van der Waals surface area (Å²) >= 11 is 11.9. The van der Waals surface area contributed by atoms with Gasteiger partial charge in [0.25, 0.3) is 0 Å². The lowest BCUT2D eigenvalue weighted by molar-refractivity contribution is -0.188. The summed E-state index contributed by atoms with van der Waals surface area (Å²) in [4.78, 5) is 53.6. The zero-order chi connectivity index (χ0) is 33.1. The zero-order valence-corrected chi connectivity index (χ0v) is 29.2. The lowest BCUT2D eigenvalue weighted by Gasteiger charge is -2.59. The number of aryl methyl sites for hydroxylation is 1. The van der Waals surface area contributed by atoms with Gasteiger partial charge < -0.3 is 15.0 Å². The van der Waals surface area contributed by atoms with Gasteiger partial charge in [0.05, 0.1) is 0 Å². The van der Waals surface area contributed by atoms with E-state index in [-0.39, 0.29) is 35.4 Å². The van der Waals surface area contributed by atoms with E-state index in [0.29, 0.717) is 49.3 Å². The summed E-state index contributed by atoms with van der Waals surface area (Å²) in [6.45, 7) is 7.27. The predicted octanol–water partition coefficient (Wildman–Crippen LogP) is 6.81. The molecule has 0 radical (unpaired) electrons. The monoisotopic (exact) mass is 672 g/mol. The molecule has 4 aliphatic carbocycles. The smallest absolute Gasteiger partial charge is 0.326 e. The molecule has 4 aliphatic rings. The van der Waals surface area contributed by atoms with Crippen LogP contribution in [0.4, 0.5) is 5.69 Å². The van der Waals surface area contributed by atoms with Gasteiger partial charge in [0.2, 0.25) is 5.91 Å². The van der Waals surface area contributed by atoms with Crippen molar-refractivity contribution < 1.29 is 23.9 Å². The van der Waals surface area contributed by atoms with Crippen molar-refractivity contribution in [2.45, 2.75) is 97.0 Å². The van der Waals surface area contributed by atoms with Gasteiger partial charge in [-0.05, 0) is 112 Å². The SMILES string of the molecule is CC(=O)[C@@]1(OC(=O)CNC(=O)CCCc2ccc(N(CCCl)CCCl)cc2)CC[C@H]2[C@@H]3CCC4=CC(=O)CC[C@]4(C)[C@H]3CC[C@@]21C. The summed E-state index contributed by atoms with van der Waals surface area (Å²) in [5.41, 5.74) is 1.95. The van der Waals surface area contributed by atoms with E-state index in [4.69, 9.17) is 27.9 Å². The first-order chi connectivity index (χ1) is 22.0. The Labute approximate surface area is 284 Å². The number of Topliss-reactive ketones (excluding diaryl/α,β-unsaturated/α-hetero) is 1. The van der Waals surface area contributed by atoms with Gasteiger partial charge in [0, 0.05) is 48.8 Å². The minimum Gasteiger partial charge on any atom is -0.449 e. The number of carbonyl (C=O) groups is 4. The van der Waals surface area contributed by atoms with Crippen molar-refractivity contribution in [2.24, 2.45) is 28.6 Å². The Hall–Kier alpha value is -2.38. The molecule has 252 valence electrons. The fraction of sp³-hybridized carbons (Fsp3) is 0.676. The molecule has 7 nitrogen and oxygen atoms in total. The Balaban J connectivity index is 1.14. The zero-order valence-electron chi connectivity index (χ0n) is 27.7. The van der Waals surface area contributed by atoms with Crippen molar-refractivity contribution in [3.05, 3.63) is 41.5 Å². The van der Waals surface area contributed by atoms with Crippen LogP contribution in [0.1, 0.15) is 90.5 Å². The second kappa shape index (κ2) is 14.4. The van der Waals surface area contributed by atoms with Gasteiger partial charge in [-0.1, -0.05) is 31.6 Å². The van der Waals surface area contributed by atoms with Crippen LogP contribution in [-0.2, 0) is 30.3 Å². The molecule has 5 rings (SSSR count). The quantitative estimate of drug-likeness (QED) is 0.183. The van der Waals surface area contributed by atoms with E-state index in [2.05, 4.69) is 48.3 Å². The number of carbonyl (C=O) groups excluding carboxylic acids is 4. The van der Waals surface area contributed by atoms with Crippen molar-refractivity contribution in [2.75, 3.05) is 36.3 Å². The van der Waals surface area contributed by atoms with Gasteiger partial charge >= 0.3 is 5.97 Å². The van der Waals surface area contributed by atoms with Crippen molar-refractivity contribution in [3.8, 4) is 0 Å². The highest BCUT2D eigenvalue weighted by Gasteiger charge is 2.67. The van der Waals surface area contributed by atoms with Crippen molar-refractivity contribution in [1.29, 1.82) is 0 Å². The summed E-state index contributed by atoms with van der Waals surface area (Å²) < 4.78 is 6.17. The first kappa shape index (κ1) is 34.9. The molecular formula is C37H50Cl2N2O5. The second-order valence-corrected chi connectivity index (χ2v) is 15.2. The molecule has 0 spiro atoms. The standard InChI is InChI=1S/C37H50Cl2N2O5/c1-25(42)37(18-15-32-30-12-9-27-23-29(43)13-16-35(27,2)31(30)14-17-36(32,37)3)46-34(45)24-40-33(44)6-4-5-26-7-10-28(11-8-26)41(21-19-38)22-20-39/h7-8,10-11,23,30-32H,4-6,9,12-22,24H2,1-3H3,(H,40,44)/t30-,31+,32+,35+,36+,37+/m1/s1. The lowest BCUT2D eigenvalue weighted by atomic mass is 9.46. The number of halogens is 2. The van der Waals surface area contributed by atoms with Gasteiger partial charge in [-0.3, -0.25) is 19.2 Å². The first-order valence-electron chi connectivity index (χ1n) is 17.2. The number of allylic oxidation sites excluding steroid dienone is 1. The number of nitrogens with one attached hydrogen (secondary N) is 1. The van der Waals surface area contributed by atoms with Crippen LogP contribution in [0.5, 0.6) is 0 Å². The normalized spacial score (nSPS) is 31.6. The maximum Gasteiger partial charge on any atom is 0.326 e. The maximum atomic E-state index is 13.4. The third-order valence-electron chi connectivity index (χ3n) is 12.2. The van der Waals surface area contributed by atoms with E-state index in [1.807, 2.05) is 6.08 Å². The molecule has 46 heavy (non-hydrogen) atoms. The van der Waals surface area contributed by atoms with E-state index < -0.39 is 17.0 Å². The molecule has 0 unspecified atom stereocenters. The van der Waals surface area contributed by atoms with Crippen molar-refractivity contribution in [3.63, 3.8) is 0 Å². The highest BCUT2D eigenvalue weighted by Crippen LogP contribution is 2.68. The largest absolute Gasteiger partial charge is 0.449 e. The fourth-order valence-corrected chi connectivity index (χ4v) is 10.2. The Bertz CT molecular complexity index is 1340. The number of hydrogen-bond donors (Lipinski definition) is 1. The van der Waals surface area contributed by atoms with Crippen LogP contribution >= 0.6 is 23.2 Å². The molecule has 3 fully saturated rings. The molecule has 0 aliphatic heterocycles. The predicted molar refractivity (Wildman–Crippen MR) is 182 cm³/mol. The van der Waals surface area contributed by atoms with Crippen LogP contribution in [0.25, 0.3) is 0 Å². The highest BCUT2D eigenvalue weighted by atomic mass is 35.5. The van der Waals surface area contributed by atoms with E-state index in [9.17, 15) is 19.2 Å². The number of benzene rings is 1. The van der Waals surface area contributed by atoms with Crippen LogP contribution in [0, 0.1) is 28.6 Å². The molecule has 0 saturated heterocycles. The summed E-state index contributed by atoms with van der Waals surface area (Å²) in [5.74, 6) is 1.67. The molecule has 9 heteroatoms. The minimum atomic E-state index is -1.17. The van der Waals surface area contributed by atoms with Gasteiger partial charge in [-0.15, -0.1) is 23.2 Å². The molecule has 0 bridgehead atoms. The van der Waals surface area contributed by atoms with Crippen LogP contribution < -0.4 is 10.2 Å². The summed E-state index contributed by atoms with van der Waals surface area (Å²) in [6, 6.07) is 8.22. The number of rotatable bonds is 13. The summed E-state index contributed by atoms with van der Waals surface area (Å²) in [6.07, 6.45) is 10.2. The van der Waals surface area contributed by atoms with Gasteiger partial charge in [0.1, 0.15) is 6.54 Å². The molecule has 1 N–H and O–H groups in total. The van der Waals surface area contributed by atoms with Crippen LogP contribution in [0.2, 0.25) is 0 Å². The highest BCUT2D eigenvalue weighted by molar-refractivity contribution is 6.18. The maximum absolute atomic E-state index is 13.4. The number of ether oxygens (including phenoxy) is 1. The number of hydrogen-bond acceptors (Lipinski definition) is 6. The van der Waals surface area contributed by atoms with Crippen LogP contribution in [0.15, 0.2) is 35.9 Å². The third-order valence-corrected chi connectivity index (χ3v) is 12.6. The van der Waals surface area contributed by atoms with Crippen LogP contribution in [0.3, 0.4) is 0 Å². The average molecular weight is 674 g/mol. The third kappa shape index (κ3) is 6.65. The Morgan fingerprint density at radius 1 is 0.957 bits per heavy atom. The Morgan fingerprint density at radius 2 is 1.65 bits per heavy atom. The van der Waals surface area contributed by atoms with Gasteiger partial charge in [-0.25, -0.2) is 0 Å². The average Bonchev–Trinajstić information content (AvgIpc) is 3.33. The summed E-state index contributed by atoms with van der Waals surface area (Å²) in [7, 11) is 0. The number of anilines is 1. The number of nitrogens with zero attached hydrogens (tertiary/aromatic N) is 1. The molecule has 6 atom stereocenters. The fourth-order valence-electron chi connectivity index (χ4n) is 9.77. The van der Waals surface area contributed by atoms with E-state index in [0.717, 1.165) is 69.3 Å². The molecular weight excluding hydrogens is 623 g/mol. The first-order valence-corrected chi connectivity index (χ1v) is 18.2. The molecule has 1 aromatic rings. The molecule has 1 aromatic carbocycles. The summed E-state index contributed by atoms with van der Waals surface area (Å²) in [5, 5.41) is 2.73. The van der Waals surface area contributed by atoms with Crippen molar-refractivity contribution >= 4 is 52.3 Å². The topological polar surface area (TPSA) is 92.8 Å². The number of amides is 1. The number of esters is 1. The molecule has 0 aromatic heterocycles. The van der Waals surface area contributed by atoms with E-state index in [1.54, 1.807) is 6.92 Å². The lowest BCUT2D eigenvalue weighted by Crippen LogP contribution is -2.59. The molecule has 3 saturated carbocycles. The number of alkyl halides is 2. The molecule has 0 heterocycles. The van der Waals surface area contributed by atoms with Crippen molar-refractivity contribution in [1.82, 2.24) is 5.32 Å². The minimum absolute atomic E-state index is 0.0414. The van der Waals surface area contributed by atoms with Crippen LogP contribution in [-0.4, -0.2) is 60.4 Å². The second-order valence-electron chi connectivity index (χ2n) is 14.5. The van der Waals surface area contributed by atoms with E-state index >= 15 is 0 Å². The Morgan fingerprint density at radius 3 is 2.33 bits per heavy atom. The van der Waals surface area contributed by atoms with E-state index in [1.165, 1.54) is 5.57 Å². The van der Waals surface area contributed by atoms with Gasteiger partial charge in [0.15, 0.2) is 17.2 Å². The van der Waals surface area contributed by atoms with Gasteiger partial charge in [-0.2, -0.15) is 0 Å². The number of ketones is 2.